The SMILES string of the molecule is Cc1nnc(NCCc2ccccc2)c(C(N)=S)c1C. The van der Waals surface area contributed by atoms with Gasteiger partial charge in [-0.25, -0.2) is 0 Å². The average Bonchev–Trinajstić information content (AvgIpc) is 2.43. The number of aromatic nitrogens is 2. The topological polar surface area (TPSA) is 63.8 Å². The van der Waals surface area contributed by atoms with Gasteiger partial charge in [0.15, 0.2) is 5.82 Å². The Balaban J connectivity index is 2.10. The zero-order valence-electron chi connectivity index (χ0n) is 11.7. The second-order valence-electron chi connectivity index (χ2n) is 4.66. The fourth-order valence-electron chi connectivity index (χ4n) is 2.00. The van der Waals surface area contributed by atoms with Gasteiger partial charge in [0, 0.05) is 6.54 Å². The van der Waals surface area contributed by atoms with Crippen LogP contribution in [0.15, 0.2) is 30.3 Å². The highest BCUT2D eigenvalue weighted by atomic mass is 32.1. The summed E-state index contributed by atoms with van der Waals surface area (Å²) in [4.78, 5) is 0.350. The fourth-order valence-corrected chi connectivity index (χ4v) is 2.25. The van der Waals surface area contributed by atoms with Crippen molar-refractivity contribution < 1.29 is 0 Å². The van der Waals surface area contributed by atoms with Crippen LogP contribution in [-0.4, -0.2) is 21.7 Å². The maximum absolute atomic E-state index is 5.79. The number of anilines is 1. The number of nitrogens with two attached hydrogens (primary N) is 1. The lowest BCUT2D eigenvalue weighted by Crippen LogP contribution is -2.19. The quantitative estimate of drug-likeness (QED) is 0.826. The van der Waals surface area contributed by atoms with E-state index in [9.17, 15) is 0 Å². The van der Waals surface area contributed by atoms with Gasteiger partial charge in [0.25, 0.3) is 0 Å². The number of rotatable bonds is 5. The molecule has 0 aliphatic rings. The van der Waals surface area contributed by atoms with Gasteiger partial charge in [0.1, 0.15) is 4.99 Å². The summed E-state index contributed by atoms with van der Waals surface area (Å²) in [5.74, 6) is 0.663. The molecule has 104 valence electrons. The molecule has 0 unspecified atom stereocenters. The van der Waals surface area contributed by atoms with E-state index in [1.807, 2.05) is 32.0 Å². The van der Waals surface area contributed by atoms with Crippen molar-refractivity contribution in [1.29, 1.82) is 0 Å². The molecule has 0 bridgehead atoms. The highest BCUT2D eigenvalue weighted by Crippen LogP contribution is 2.18. The van der Waals surface area contributed by atoms with E-state index in [1.54, 1.807) is 0 Å². The van der Waals surface area contributed by atoms with Gasteiger partial charge < -0.3 is 11.1 Å². The third kappa shape index (κ3) is 3.30. The first-order valence-corrected chi connectivity index (χ1v) is 6.92. The highest BCUT2D eigenvalue weighted by molar-refractivity contribution is 7.80. The second kappa shape index (κ2) is 6.43. The lowest BCUT2D eigenvalue weighted by molar-refractivity contribution is 0.930. The monoisotopic (exact) mass is 286 g/mol. The van der Waals surface area contributed by atoms with Crippen molar-refractivity contribution in [2.24, 2.45) is 5.73 Å². The fraction of sp³-hybridized carbons (Fsp3) is 0.267. The predicted octanol–water partition coefficient (Wildman–Crippen LogP) is 2.38. The molecule has 0 atom stereocenters. The molecule has 2 rings (SSSR count). The van der Waals surface area contributed by atoms with E-state index in [1.165, 1.54) is 5.56 Å². The molecule has 0 aliphatic carbocycles. The highest BCUT2D eigenvalue weighted by Gasteiger charge is 2.13. The Morgan fingerprint density at radius 1 is 1.20 bits per heavy atom. The summed E-state index contributed by atoms with van der Waals surface area (Å²) >= 11 is 5.11. The number of hydrogen-bond acceptors (Lipinski definition) is 4. The standard InChI is InChI=1S/C15H18N4S/c1-10-11(2)18-19-15(13(10)14(16)20)17-9-8-12-6-4-3-5-7-12/h3-7H,8-9H2,1-2H3,(H2,16,20)(H,17,19). The normalized spacial score (nSPS) is 10.3. The van der Waals surface area contributed by atoms with Crippen LogP contribution in [0.4, 0.5) is 5.82 Å². The van der Waals surface area contributed by atoms with Crippen molar-refractivity contribution in [2.75, 3.05) is 11.9 Å². The molecule has 1 aromatic carbocycles. The van der Waals surface area contributed by atoms with E-state index in [4.69, 9.17) is 18.0 Å². The Hall–Kier alpha value is -2.01. The van der Waals surface area contributed by atoms with Crippen LogP contribution in [0.3, 0.4) is 0 Å². The average molecular weight is 286 g/mol. The van der Waals surface area contributed by atoms with Crippen LogP contribution in [0.25, 0.3) is 0 Å². The molecule has 4 nitrogen and oxygen atoms in total. The Morgan fingerprint density at radius 2 is 1.90 bits per heavy atom. The van der Waals surface area contributed by atoms with Gasteiger partial charge >= 0.3 is 0 Å². The maximum atomic E-state index is 5.79. The lowest BCUT2D eigenvalue weighted by Gasteiger charge is -2.13. The van der Waals surface area contributed by atoms with E-state index in [0.29, 0.717) is 10.8 Å². The van der Waals surface area contributed by atoms with Crippen LogP contribution in [0.2, 0.25) is 0 Å². The minimum atomic E-state index is 0.350. The number of thiocarbonyl (C=S) groups is 1. The summed E-state index contributed by atoms with van der Waals surface area (Å²) in [6.45, 7) is 4.62. The third-order valence-electron chi connectivity index (χ3n) is 3.25. The lowest BCUT2D eigenvalue weighted by atomic mass is 10.1. The molecule has 1 heterocycles. The first kappa shape index (κ1) is 14.4. The van der Waals surface area contributed by atoms with Gasteiger partial charge in [-0.2, -0.15) is 5.10 Å². The summed E-state index contributed by atoms with van der Waals surface area (Å²) in [6, 6.07) is 10.3. The maximum Gasteiger partial charge on any atom is 0.159 e. The zero-order chi connectivity index (χ0) is 14.5. The van der Waals surface area contributed by atoms with Gasteiger partial charge in [0.2, 0.25) is 0 Å². The van der Waals surface area contributed by atoms with Crippen molar-refractivity contribution >= 4 is 23.0 Å². The molecule has 0 saturated carbocycles. The van der Waals surface area contributed by atoms with E-state index >= 15 is 0 Å². The van der Waals surface area contributed by atoms with Crippen LogP contribution in [0.1, 0.15) is 22.4 Å². The van der Waals surface area contributed by atoms with E-state index in [0.717, 1.165) is 29.8 Å². The summed E-state index contributed by atoms with van der Waals surface area (Å²) in [7, 11) is 0. The molecule has 20 heavy (non-hydrogen) atoms. The smallest absolute Gasteiger partial charge is 0.159 e. The number of benzene rings is 1. The van der Waals surface area contributed by atoms with Crippen LogP contribution in [-0.2, 0) is 6.42 Å². The summed E-state index contributed by atoms with van der Waals surface area (Å²) in [5, 5.41) is 11.6. The molecular formula is C15H18N4S. The molecule has 0 aliphatic heterocycles. The Morgan fingerprint density at radius 3 is 2.55 bits per heavy atom. The Kier molecular flexibility index (Phi) is 4.63. The van der Waals surface area contributed by atoms with Gasteiger partial charge in [-0.15, -0.1) is 5.10 Å². The molecular weight excluding hydrogens is 268 g/mol. The van der Waals surface area contributed by atoms with Crippen molar-refractivity contribution in [3.63, 3.8) is 0 Å². The molecule has 0 fully saturated rings. The van der Waals surface area contributed by atoms with Gasteiger partial charge in [-0.1, -0.05) is 42.5 Å². The molecule has 2 aromatic rings. The number of nitrogens with one attached hydrogen (secondary N) is 1. The second-order valence-corrected chi connectivity index (χ2v) is 5.10. The van der Waals surface area contributed by atoms with Crippen molar-refractivity contribution in [3.05, 3.63) is 52.7 Å². The van der Waals surface area contributed by atoms with E-state index in [2.05, 4.69) is 27.6 Å². The molecule has 0 spiro atoms. The van der Waals surface area contributed by atoms with Crippen LogP contribution in [0, 0.1) is 13.8 Å². The molecule has 3 N–H and O–H groups in total. The summed E-state index contributed by atoms with van der Waals surface area (Å²) < 4.78 is 0. The number of hydrogen-bond donors (Lipinski definition) is 2. The first-order valence-electron chi connectivity index (χ1n) is 6.51. The molecule has 0 saturated heterocycles. The minimum Gasteiger partial charge on any atom is -0.389 e. The summed E-state index contributed by atoms with van der Waals surface area (Å²) in [6.07, 6.45) is 0.909. The summed E-state index contributed by atoms with van der Waals surface area (Å²) in [5.41, 5.74) is 9.68. The van der Waals surface area contributed by atoms with Crippen molar-refractivity contribution in [1.82, 2.24) is 10.2 Å². The number of aryl methyl sites for hydroxylation is 1. The van der Waals surface area contributed by atoms with Crippen LogP contribution >= 0.6 is 12.2 Å². The van der Waals surface area contributed by atoms with Gasteiger partial charge in [-0.05, 0) is 31.4 Å². The van der Waals surface area contributed by atoms with Crippen LogP contribution < -0.4 is 11.1 Å². The Bertz CT molecular complexity index is 611. The predicted molar refractivity (Wildman–Crippen MR) is 86.0 cm³/mol. The third-order valence-corrected chi connectivity index (χ3v) is 3.45. The molecule has 1 aromatic heterocycles. The Labute approximate surface area is 124 Å². The molecule has 0 amide bonds. The number of nitrogens with zero attached hydrogens (tertiary/aromatic N) is 2. The van der Waals surface area contributed by atoms with Crippen molar-refractivity contribution in [3.8, 4) is 0 Å². The van der Waals surface area contributed by atoms with E-state index < -0.39 is 0 Å². The van der Waals surface area contributed by atoms with Gasteiger partial charge in [0.05, 0.1) is 11.3 Å². The van der Waals surface area contributed by atoms with E-state index in [-0.39, 0.29) is 0 Å². The molecule has 5 heteroatoms. The largest absolute Gasteiger partial charge is 0.389 e. The zero-order valence-corrected chi connectivity index (χ0v) is 12.5. The van der Waals surface area contributed by atoms with Crippen molar-refractivity contribution in [2.45, 2.75) is 20.3 Å². The van der Waals surface area contributed by atoms with Crippen LogP contribution in [0.5, 0.6) is 0 Å². The minimum absolute atomic E-state index is 0.350. The first-order chi connectivity index (χ1) is 9.59. The van der Waals surface area contributed by atoms with Gasteiger partial charge in [-0.3, -0.25) is 0 Å². The molecule has 0 radical (unpaired) electrons.